The molecule has 0 saturated heterocycles. The summed E-state index contributed by atoms with van der Waals surface area (Å²) in [6.07, 6.45) is 9.00. The molecule has 248 valence electrons. The van der Waals surface area contributed by atoms with Gasteiger partial charge in [0, 0.05) is 17.2 Å². The van der Waals surface area contributed by atoms with Crippen molar-refractivity contribution in [3.8, 4) is 28.0 Å². The molecular formula is C38H34F8O. The van der Waals surface area contributed by atoms with Crippen molar-refractivity contribution in [2.45, 2.75) is 64.4 Å². The number of halogens is 8. The minimum atomic E-state index is -4.14. The maximum Gasteiger partial charge on any atom is 0.429 e. The maximum atomic E-state index is 15.0. The van der Waals surface area contributed by atoms with Gasteiger partial charge in [0.15, 0.2) is 17.5 Å². The molecule has 0 bridgehead atoms. The molecule has 0 unspecified atom stereocenters. The van der Waals surface area contributed by atoms with E-state index in [1.165, 1.54) is 37.8 Å². The molecule has 1 nitrogen and oxygen atoms in total. The molecule has 0 amide bonds. The molecule has 9 heteroatoms. The van der Waals surface area contributed by atoms with Gasteiger partial charge in [-0.15, -0.1) is 0 Å². The quantitative estimate of drug-likeness (QED) is 0.0885. The molecule has 4 aromatic rings. The Kier molecular flexibility index (Phi) is 10.7. The first-order chi connectivity index (χ1) is 22.4. The van der Waals surface area contributed by atoms with Crippen LogP contribution in [0.2, 0.25) is 0 Å². The van der Waals surface area contributed by atoms with Crippen molar-refractivity contribution in [1.82, 2.24) is 0 Å². The van der Waals surface area contributed by atoms with Crippen molar-refractivity contribution in [3.05, 3.63) is 119 Å². The predicted molar refractivity (Wildman–Crippen MR) is 167 cm³/mol. The van der Waals surface area contributed by atoms with Crippen LogP contribution in [0.15, 0.2) is 72.8 Å². The first-order valence-corrected chi connectivity index (χ1v) is 15.7. The average molecular weight is 659 g/mol. The third-order valence-corrected chi connectivity index (χ3v) is 8.74. The van der Waals surface area contributed by atoms with Crippen LogP contribution in [0.4, 0.5) is 35.1 Å². The Labute approximate surface area is 268 Å². The van der Waals surface area contributed by atoms with Gasteiger partial charge in [-0.3, -0.25) is 0 Å². The number of rotatable bonds is 11. The largest absolute Gasteiger partial charge is 0.429 e. The van der Waals surface area contributed by atoms with E-state index in [9.17, 15) is 22.0 Å². The van der Waals surface area contributed by atoms with Gasteiger partial charge in [-0.2, -0.15) is 8.78 Å². The van der Waals surface area contributed by atoms with Crippen LogP contribution >= 0.6 is 0 Å². The lowest BCUT2D eigenvalue weighted by Gasteiger charge is -2.26. The predicted octanol–water partition coefficient (Wildman–Crippen LogP) is 12.4. The van der Waals surface area contributed by atoms with Crippen LogP contribution in [-0.4, -0.2) is 0 Å². The third kappa shape index (κ3) is 8.24. The Morgan fingerprint density at radius 2 is 1.32 bits per heavy atom. The fourth-order valence-corrected chi connectivity index (χ4v) is 6.09. The summed E-state index contributed by atoms with van der Waals surface area (Å²) < 4.78 is 120. The number of alkyl halides is 2. The number of benzene rings is 4. The minimum absolute atomic E-state index is 0.0141. The number of unbranched alkanes of at least 4 members (excludes halogenated alkanes) is 2. The van der Waals surface area contributed by atoms with Crippen molar-refractivity contribution < 1.29 is 39.9 Å². The average Bonchev–Trinajstić information content (AvgIpc) is 3.03. The first-order valence-electron chi connectivity index (χ1n) is 15.7. The Balaban J connectivity index is 1.24. The molecule has 1 aliphatic rings. The fraction of sp³-hybridized carbons (Fsp3) is 0.316. The molecule has 0 N–H and O–H groups in total. The van der Waals surface area contributed by atoms with Crippen molar-refractivity contribution in [3.63, 3.8) is 0 Å². The minimum Gasteiger partial charge on any atom is -0.429 e. The highest BCUT2D eigenvalue weighted by molar-refractivity contribution is 5.72. The second-order valence-electron chi connectivity index (χ2n) is 12.1. The third-order valence-electron chi connectivity index (χ3n) is 8.74. The summed E-state index contributed by atoms with van der Waals surface area (Å²) in [5.41, 5.74) is -1.32. The standard InChI is InChI=1S/C38H34F8O/c1-2-3-4-5-23-6-8-24(9-7-23)10-11-25-12-17-31(34(41)18-25)38(45,46)47-28-14-16-29(33(40)22-28)26-13-15-30(32(39)19-26)27-20-35(42)37(44)36(43)21-27/h10-24H,2-9H2,1H3/b11-10+. The number of allylic oxidation sites excluding steroid dienone is 1. The Morgan fingerprint density at radius 3 is 1.96 bits per heavy atom. The van der Waals surface area contributed by atoms with E-state index in [4.69, 9.17) is 4.74 Å². The summed E-state index contributed by atoms with van der Waals surface area (Å²) in [6.45, 7) is 2.19. The summed E-state index contributed by atoms with van der Waals surface area (Å²) in [6, 6.07) is 10.6. The van der Waals surface area contributed by atoms with Crippen LogP contribution in [0, 0.1) is 46.7 Å². The van der Waals surface area contributed by atoms with Crippen LogP contribution in [0.5, 0.6) is 5.75 Å². The SMILES string of the molecule is CCCCCC1CCC(/C=C/c2ccc(C(F)(F)Oc3ccc(-c4ccc(-c5cc(F)c(F)c(F)c5)c(F)c4)c(F)c3)c(F)c2)CC1. The van der Waals surface area contributed by atoms with Crippen LogP contribution in [0.25, 0.3) is 28.3 Å². The van der Waals surface area contributed by atoms with E-state index >= 15 is 13.2 Å². The van der Waals surface area contributed by atoms with Crippen LogP contribution in [0.1, 0.15) is 69.4 Å². The molecule has 0 aromatic heterocycles. The smallest absolute Gasteiger partial charge is 0.429 e. The first kappa shape index (κ1) is 34.2. The summed E-state index contributed by atoms with van der Waals surface area (Å²) in [5, 5.41) is 0. The molecule has 0 radical (unpaired) electrons. The van der Waals surface area contributed by atoms with Crippen molar-refractivity contribution in [1.29, 1.82) is 0 Å². The Bertz CT molecular complexity index is 1720. The molecule has 47 heavy (non-hydrogen) atoms. The van der Waals surface area contributed by atoms with Gasteiger partial charge in [-0.1, -0.05) is 63.0 Å². The zero-order valence-corrected chi connectivity index (χ0v) is 25.7. The van der Waals surface area contributed by atoms with Gasteiger partial charge in [-0.05, 0) is 96.7 Å². The van der Waals surface area contributed by atoms with E-state index in [0.717, 1.165) is 68.0 Å². The molecular weight excluding hydrogens is 624 g/mol. The topological polar surface area (TPSA) is 9.23 Å². The molecule has 1 aliphatic carbocycles. The highest BCUT2D eigenvalue weighted by Crippen LogP contribution is 2.37. The highest BCUT2D eigenvalue weighted by atomic mass is 19.3. The van der Waals surface area contributed by atoms with E-state index in [1.54, 1.807) is 6.08 Å². The zero-order valence-electron chi connectivity index (χ0n) is 25.7. The van der Waals surface area contributed by atoms with E-state index < -0.39 is 52.3 Å². The molecule has 5 rings (SSSR count). The van der Waals surface area contributed by atoms with Gasteiger partial charge in [0.2, 0.25) is 0 Å². The molecule has 0 spiro atoms. The van der Waals surface area contributed by atoms with Gasteiger partial charge in [-0.25, -0.2) is 26.3 Å². The lowest BCUT2D eigenvalue weighted by molar-refractivity contribution is -0.187. The van der Waals surface area contributed by atoms with Gasteiger partial charge in [0.1, 0.15) is 23.2 Å². The number of ether oxygens (including phenoxy) is 1. The Morgan fingerprint density at radius 1 is 0.681 bits per heavy atom. The normalized spacial score (nSPS) is 17.0. The van der Waals surface area contributed by atoms with Crippen LogP contribution in [0.3, 0.4) is 0 Å². The van der Waals surface area contributed by atoms with Crippen LogP contribution in [-0.2, 0) is 6.11 Å². The van der Waals surface area contributed by atoms with Crippen molar-refractivity contribution >= 4 is 6.08 Å². The van der Waals surface area contributed by atoms with E-state index in [0.29, 0.717) is 29.7 Å². The zero-order chi connectivity index (χ0) is 33.7. The summed E-state index contributed by atoms with van der Waals surface area (Å²) in [5.74, 6) is -7.40. The van der Waals surface area contributed by atoms with Crippen molar-refractivity contribution in [2.75, 3.05) is 0 Å². The van der Waals surface area contributed by atoms with E-state index in [2.05, 4.69) is 6.92 Å². The second-order valence-corrected chi connectivity index (χ2v) is 12.1. The second kappa shape index (κ2) is 14.7. The number of hydrogen-bond acceptors (Lipinski definition) is 1. The molecule has 0 atom stereocenters. The highest BCUT2D eigenvalue weighted by Gasteiger charge is 2.38. The monoisotopic (exact) mass is 658 g/mol. The van der Waals surface area contributed by atoms with Crippen molar-refractivity contribution in [2.24, 2.45) is 11.8 Å². The van der Waals surface area contributed by atoms with Gasteiger partial charge < -0.3 is 4.74 Å². The molecule has 1 saturated carbocycles. The molecule has 4 aromatic carbocycles. The van der Waals surface area contributed by atoms with Gasteiger partial charge >= 0.3 is 6.11 Å². The summed E-state index contributed by atoms with van der Waals surface area (Å²) >= 11 is 0. The lowest BCUT2D eigenvalue weighted by Crippen LogP contribution is -2.23. The molecule has 0 aliphatic heterocycles. The van der Waals surface area contributed by atoms with Crippen LogP contribution < -0.4 is 4.74 Å². The lowest BCUT2D eigenvalue weighted by atomic mass is 9.79. The van der Waals surface area contributed by atoms with E-state index in [1.807, 2.05) is 6.08 Å². The van der Waals surface area contributed by atoms with Gasteiger partial charge in [0.05, 0.1) is 5.56 Å². The summed E-state index contributed by atoms with van der Waals surface area (Å²) in [4.78, 5) is 0. The fourth-order valence-electron chi connectivity index (χ4n) is 6.09. The molecule has 1 fully saturated rings. The van der Waals surface area contributed by atoms with Gasteiger partial charge in [0.25, 0.3) is 0 Å². The maximum absolute atomic E-state index is 15.0. The van der Waals surface area contributed by atoms with E-state index in [-0.39, 0.29) is 22.3 Å². The molecule has 0 heterocycles. The Hall–Kier alpha value is -4.14. The summed E-state index contributed by atoms with van der Waals surface area (Å²) in [7, 11) is 0. The number of hydrogen-bond donors (Lipinski definition) is 0.